The summed E-state index contributed by atoms with van der Waals surface area (Å²) in [4.78, 5) is 12.0. The first-order valence-electron chi connectivity index (χ1n) is 7.31. The van der Waals surface area contributed by atoms with Gasteiger partial charge < -0.3 is 15.8 Å². The van der Waals surface area contributed by atoms with Gasteiger partial charge in [-0.1, -0.05) is 23.7 Å². The van der Waals surface area contributed by atoms with Crippen LogP contribution in [0.15, 0.2) is 41.3 Å². The lowest BCUT2D eigenvalue weighted by atomic mass is 10.1. The number of nitrogens with two attached hydrogens (primary N) is 1. The first kappa shape index (κ1) is 16.0. The molecule has 0 bridgehead atoms. The zero-order valence-electron chi connectivity index (χ0n) is 12.5. The molecule has 0 aromatic heterocycles. The summed E-state index contributed by atoms with van der Waals surface area (Å²) >= 11 is 7.61. The van der Waals surface area contributed by atoms with Crippen molar-refractivity contribution in [3.05, 3.63) is 52.5 Å². The maximum absolute atomic E-state index is 11.0. The second kappa shape index (κ2) is 7.15. The van der Waals surface area contributed by atoms with Gasteiger partial charge in [0, 0.05) is 34.1 Å². The molecule has 4 nitrogen and oxygen atoms in total. The summed E-state index contributed by atoms with van der Waals surface area (Å²) in [6.07, 6.45) is 0.897. The van der Waals surface area contributed by atoms with Crippen LogP contribution in [0.4, 0.5) is 5.69 Å². The quantitative estimate of drug-likeness (QED) is 0.785. The highest BCUT2D eigenvalue weighted by atomic mass is 35.5. The number of thioether (sulfide) groups is 1. The fraction of sp³-hybridized carbons (Fsp3) is 0.235. The lowest BCUT2D eigenvalue weighted by Crippen LogP contribution is -2.13. The monoisotopic (exact) mass is 348 g/mol. The van der Waals surface area contributed by atoms with Crippen LogP contribution in [-0.4, -0.2) is 18.3 Å². The summed E-state index contributed by atoms with van der Waals surface area (Å²) < 4.78 is 5.72. The Morgan fingerprint density at radius 3 is 3.00 bits per heavy atom. The number of hydrogen-bond acceptors (Lipinski definition) is 4. The topological polar surface area (TPSA) is 64.4 Å². The average Bonchev–Trinajstić information content (AvgIpc) is 2.99. The van der Waals surface area contributed by atoms with Crippen molar-refractivity contribution < 1.29 is 9.53 Å². The van der Waals surface area contributed by atoms with Gasteiger partial charge in [-0.2, -0.15) is 0 Å². The molecule has 0 saturated carbocycles. The molecule has 3 N–H and O–H groups in total. The summed E-state index contributed by atoms with van der Waals surface area (Å²) in [5.74, 6) is 0.865. The Balaban J connectivity index is 1.75. The Hall–Kier alpha value is -1.85. The lowest BCUT2D eigenvalue weighted by Gasteiger charge is -2.13. The van der Waals surface area contributed by atoms with Gasteiger partial charge in [0.25, 0.3) is 0 Å². The van der Waals surface area contributed by atoms with Gasteiger partial charge in [0.2, 0.25) is 5.91 Å². The third-order valence-corrected chi connectivity index (χ3v) is 4.87. The molecule has 0 aliphatic carbocycles. The van der Waals surface area contributed by atoms with Crippen molar-refractivity contribution in [2.24, 2.45) is 5.73 Å². The van der Waals surface area contributed by atoms with Crippen molar-refractivity contribution in [2.75, 3.05) is 17.7 Å². The van der Waals surface area contributed by atoms with Crippen molar-refractivity contribution in [3.63, 3.8) is 0 Å². The van der Waals surface area contributed by atoms with Crippen molar-refractivity contribution in [3.8, 4) is 5.75 Å². The molecule has 0 fully saturated rings. The Labute approximate surface area is 144 Å². The van der Waals surface area contributed by atoms with Crippen molar-refractivity contribution in [2.45, 2.75) is 17.9 Å². The maximum Gasteiger partial charge on any atom is 0.227 e. The van der Waals surface area contributed by atoms with Crippen LogP contribution in [0.1, 0.15) is 11.1 Å². The number of carbonyl (C=O) groups excluding carboxylic acids is 1. The Kier molecular flexibility index (Phi) is 4.98. The molecule has 3 rings (SSSR count). The number of amides is 1. The summed E-state index contributed by atoms with van der Waals surface area (Å²) in [5, 5.41) is 4.12. The van der Waals surface area contributed by atoms with E-state index in [0.29, 0.717) is 13.2 Å². The highest BCUT2D eigenvalue weighted by molar-refractivity contribution is 8.00. The Bertz CT molecular complexity index is 737. The molecule has 0 spiro atoms. The predicted molar refractivity (Wildman–Crippen MR) is 94.3 cm³/mol. The minimum absolute atomic E-state index is 0.258. The van der Waals surface area contributed by atoms with E-state index < -0.39 is 0 Å². The zero-order chi connectivity index (χ0) is 16.2. The number of nitrogens with one attached hydrogen (secondary N) is 1. The first-order valence-corrected chi connectivity index (χ1v) is 8.68. The van der Waals surface area contributed by atoms with Crippen molar-refractivity contribution in [1.82, 2.24) is 0 Å². The van der Waals surface area contributed by atoms with Gasteiger partial charge in [-0.25, -0.2) is 0 Å². The Morgan fingerprint density at radius 2 is 2.17 bits per heavy atom. The van der Waals surface area contributed by atoms with E-state index >= 15 is 0 Å². The van der Waals surface area contributed by atoms with Gasteiger partial charge in [-0.15, -0.1) is 11.8 Å². The van der Waals surface area contributed by atoms with Gasteiger partial charge in [0.15, 0.2) is 0 Å². The number of rotatable bonds is 6. The second-order valence-corrected chi connectivity index (χ2v) is 6.71. The molecule has 0 atom stereocenters. The number of anilines is 1. The molecular weight excluding hydrogens is 332 g/mol. The van der Waals surface area contributed by atoms with Crippen LogP contribution in [-0.2, 0) is 17.8 Å². The van der Waals surface area contributed by atoms with Crippen LogP contribution in [0.25, 0.3) is 0 Å². The zero-order valence-corrected chi connectivity index (χ0v) is 14.0. The SMILES string of the molecule is NC(=O)CSc1ccccc1NCc1cc(Cl)cc2c1OCC2. The number of benzene rings is 2. The number of carbonyl (C=O) groups is 1. The number of primary amides is 1. The van der Waals surface area contributed by atoms with Crippen LogP contribution >= 0.6 is 23.4 Å². The van der Waals surface area contributed by atoms with Crippen LogP contribution < -0.4 is 15.8 Å². The number of fused-ring (bicyclic) bond motifs is 1. The van der Waals surface area contributed by atoms with E-state index in [4.69, 9.17) is 22.1 Å². The normalized spacial score (nSPS) is 12.6. The van der Waals surface area contributed by atoms with E-state index in [0.717, 1.165) is 38.9 Å². The number of ether oxygens (including phenoxy) is 1. The molecule has 0 radical (unpaired) electrons. The second-order valence-electron chi connectivity index (χ2n) is 5.26. The van der Waals surface area contributed by atoms with E-state index in [1.54, 1.807) is 0 Å². The summed E-state index contributed by atoms with van der Waals surface area (Å²) in [5.41, 5.74) is 8.38. The summed E-state index contributed by atoms with van der Waals surface area (Å²) in [6, 6.07) is 11.7. The molecule has 1 heterocycles. The van der Waals surface area contributed by atoms with Gasteiger partial charge in [-0.3, -0.25) is 4.79 Å². The van der Waals surface area contributed by atoms with Crippen molar-refractivity contribution in [1.29, 1.82) is 0 Å². The molecule has 0 unspecified atom stereocenters. The molecule has 0 saturated heterocycles. The number of para-hydroxylation sites is 1. The third kappa shape index (κ3) is 3.92. The summed E-state index contributed by atoms with van der Waals surface area (Å²) in [6.45, 7) is 1.31. The third-order valence-electron chi connectivity index (χ3n) is 3.55. The minimum atomic E-state index is -0.328. The molecule has 23 heavy (non-hydrogen) atoms. The summed E-state index contributed by atoms with van der Waals surface area (Å²) in [7, 11) is 0. The predicted octanol–water partition coefficient (Wildman–Crippen LogP) is 3.46. The molecule has 1 aliphatic rings. The molecule has 120 valence electrons. The average molecular weight is 349 g/mol. The van der Waals surface area contributed by atoms with Gasteiger partial charge in [0.05, 0.1) is 12.4 Å². The minimum Gasteiger partial charge on any atom is -0.493 e. The van der Waals surface area contributed by atoms with E-state index in [-0.39, 0.29) is 11.7 Å². The molecule has 1 aliphatic heterocycles. The smallest absolute Gasteiger partial charge is 0.227 e. The van der Waals surface area contributed by atoms with Crippen LogP contribution in [0.2, 0.25) is 5.02 Å². The fourth-order valence-corrected chi connectivity index (χ4v) is 3.59. The standard InChI is InChI=1S/C17H17ClN2O2S/c18-13-7-11-5-6-22-17(11)12(8-13)9-20-14-3-1-2-4-15(14)23-10-16(19)21/h1-4,7-8,20H,5-6,9-10H2,(H2,19,21). The Morgan fingerprint density at radius 1 is 1.35 bits per heavy atom. The van der Waals surface area contributed by atoms with E-state index in [9.17, 15) is 4.79 Å². The van der Waals surface area contributed by atoms with E-state index in [2.05, 4.69) is 5.32 Å². The highest BCUT2D eigenvalue weighted by Crippen LogP contribution is 2.34. The number of hydrogen-bond donors (Lipinski definition) is 2. The molecule has 6 heteroatoms. The lowest BCUT2D eigenvalue weighted by molar-refractivity contribution is -0.115. The molecule has 1 amide bonds. The molecular formula is C17H17ClN2O2S. The maximum atomic E-state index is 11.0. The van der Waals surface area contributed by atoms with Crippen molar-refractivity contribution >= 4 is 35.0 Å². The van der Waals surface area contributed by atoms with E-state index in [1.165, 1.54) is 11.8 Å². The van der Waals surface area contributed by atoms with Gasteiger partial charge >= 0.3 is 0 Å². The largest absolute Gasteiger partial charge is 0.493 e. The van der Waals surface area contributed by atoms with Gasteiger partial charge in [-0.05, 0) is 29.8 Å². The first-order chi connectivity index (χ1) is 11.1. The molecule has 2 aromatic carbocycles. The van der Waals surface area contributed by atoms with Gasteiger partial charge in [0.1, 0.15) is 5.75 Å². The highest BCUT2D eigenvalue weighted by Gasteiger charge is 2.17. The van der Waals surface area contributed by atoms with Crippen LogP contribution in [0.3, 0.4) is 0 Å². The van der Waals surface area contributed by atoms with Crippen LogP contribution in [0, 0.1) is 0 Å². The fourth-order valence-electron chi connectivity index (χ4n) is 2.56. The van der Waals surface area contributed by atoms with E-state index in [1.807, 2.05) is 36.4 Å². The number of halogens is 1. The molecule has 2 aromatic rings. The van der Waals surface area contributed by atoms with Crippen LogP contribution in [0.5, 0.6) is 5.75 Å².